The van der Waals surface area contributed by atoms with Crippen LogP contribution in [0.2, 0.25) is 0 Å². The van der Waals surface area contributed by atoms with Gasteiger partial charge in [0.1, 0.15) is 0 Å². The molecule has 2 rings (SSSR count). The zero-order chi connectivity index (χ0) is 23.5. The maximum atomic E-state index is 11.8. The van der Waals surface area contributed by atoms with Gasteiger partial charge in [-0.25, -0.2) is 0 Å². The van der Waals surface area contributed by atoms with Crippen LogP contribution in [-0.2, 0) is 14.3 Å². The van der Waals surface area contributed by atoms with Crippen molar-refractivity contribution in [3.63, 3.8) is 0 Å². The monoisotopic (exact) mass is 445 g/mol. The van der Waals surface area contributed by atoms with Crippen LogP contribution in [0.1, 0.15) is 65.2 Å². The van der Waals surface area contributed by atoms with Gasteiger partial charge >= 0.3 is 5.97 Å². The van der Waals surface area contributed by atoms with Gasteiger partial charge in [0.05, 0.1) is 25.7 Å². The number of methoxy groups -OCH3 is 1. The van der Waals surface area contributed by atoms with E-state index < -0.39 is 6.10 Å². The Bertz CT molecular complexity index is 747. The first kappa shape index (κ1) is 26.2. The Hall–Kier alpha value is -2.10. The molecule has 0 aromatic carbocycles. The third-order valence-electron chi connectivity index (χ3n) is 6.69. The van der Waals surface area contributed by atoms with Crippen molar-refractivity contribution in [3.05, 3.63) is 23.8 Å². The second-order valence-electron chi connectivity index (χ2n) is 9.10. The fourth-order valence-electron chi connectivity index (χ4n) is 4.74. The molecule has 6 heteroatoms. The predicted octanol–water partition coefficient (Wildman–Crippen LogP) is 3.14. The van der Waals surface area contributed by atoms with Crippen LogP contribution in [0.4, 0.5) is 0 Å². The van der Waals surface area contributed by atoms with Crippen molar-refractivity contribution in [1.29, 1.82) is 0 Å². The topological polar surface area (TPSA) is 95.9 Å². The molecule has 1 saturated carbocycles. The third-order valence-corrected chi connectivity index (χ3v) is 6.69. The molecule has 6 atom stereocenters. The number of aliphatic hydroxyl groups excluding tert-OH is 2. The van der Waals surface area contributed by atoms with Gasteiger partial charge in [0.25, 0.3) is 0 Å². The average Bonchev–Trinajstić information content (AvgIpc) is 3.29. The van der Waals surface area contributed by atoms with E-state index in [2.05, 4.69) is 28.0 Å². The van der Waals surface area contributed by atoms with E-state index in [4.69, 9.17) is 0 Å². The molecule has 0 unspecified atom stereocenters. The first-order chi connectivity index (χ1) is 15.3. The zero-order valence-electron chi connectivity index (χ0n) is 19.7. The molecule has 0 saturated heterocycles. The van der Waals surface area contributed by atoms with Gasteiger partial charge in [0.15, 0.2) is 0 Å². The van der Waals surface area contributed by atoms with Crippen LogP contribution in [0.15, 0.2) is 23.8 Å². The molecule has 2 aliphatic carbocycles. The lowest BCUT2D eigenvalue weighted by molar-refractivity contribution is -0.140. The number of hydrogen-bond acceptors (Lipinski definition) is 5. The number of rotatable bonds is 12. The number of amides is 1. The molecule has 32 heavy (non-hydrogen) atoms. The number of hydrogen-bond donors (Lipinski definition) is 3. The number of carbonyl (C=O) groups excluding carboxylic acids is 2. The van der Waals surface area contributed by atoms with Gasteiger partial charge in [-0.2, -0.15) is 0 Å². The Kier molecular flexibility index (Phi) is 11.0. The minimum atomic E-state index is -0.547. The molecule has 178 valence electrons. The first-order valence-corrected chi connectivity index (χ1v) is 11.8. The lowest BCUT2D eigenvalue weighted by atomic mass is 9.88. The molecule has 0 heterocycles. The number of nitrogens with one attached hydrogen (secondary N) is 1. The van der Waals surface area contributed by atoms with E-state index in [0.29, 0.717) is 31.2 Å². The van der Waals surface area contributed by atoms with E-state index in [9.17, 15) is 19.8 Å². The number of aliphatic hydroxyl groups is 2. The molecule has 0 aliphatic heterocycles. The number of fused-ring (bicyclic) bond motifs is 1. The normalized spacial score (nSPS) is 26.1. The molecule has 0 aromatic heterocycles. The summed E-state index contributed by atoms with van der Waals surface area (Å²) >= 11 is 0. The predicted molar refractivity (Wildman–Crippen MR) is 124 cm³/mol. The number of carbonyl (C=O) groups is 2. The Morgan fingerprint density at radius 2 is 2.12 bits per heavy atom. The number of esters is 1. The maximum absolute atomic E-state index is 11.8. The van der Waals surface area contributed by atoms with E-state index in [1.54, 1.807) is 6.92 Å². The summed E-state index contributed by atoms with van der Waals surface area (Å²) < 4.78 is 4.55. The largest absolute Gasteiger partial charge is 0.469 e. The van der Waals surface area contributed by atoms with Crippen molar-refractivity contribution in [2.45, 2.75) is 77.4 Å². The second-order valence-corrected chi connectivity index (χ2v) is 9.10. The van der Waals surface area contributed by atoms with E-state index in [1.807, 2.05) is 19.1 Å². The highest BCUT2D eigenvalue weighted by atomic mass is 16.5. The summed E-state index contributed by atoms with van der Waals surface area (Å²) in [5, 5.41) is 23.6. The summed E-state index contributed by atoms with van der Waals surface area (Å²) in [7, 11) is 1.34. The average molecular weight is 446 g/mol. The molecule has 3 N–H and O–H groups in total. The maximum Gasteiger partial charge on any atom is 0.307 e. The van der Waals surface area contributed by atoms with Crippen molar-refractivity contribution in [3.8, 4) is 11.8 Å². The van der Waals surface area contributed by atoms with Crippen LogP contribution in [0.25, 0.3) is 0 Å². The van der Waals surface area contributed by atoms with Crippen LogP contribution in [-0.4, -0.2) is 48.0 Å². The summed E-state index contributed by atoms with van der Waals surface area (Å²) in [6, 6.07) is 0. The van der Waals surface area contributed by atoms with Crippen LogP contribution in [0.3, 0.4) is 0 Å². The van der Waals surface area contributed by atoms with Crippen LogP contribution < -0.4 is 5.32 Å². The quantitative estimate of drug-likeness (QED) is 0.186. The van der Waals surface area contributed by atoms with Crippen molar-refractivity contribution >= 4 is 11.9 Å². The lowest BCUT2D eigenvalue weighted by Crippen LogP contribution is -2.25. The smallest absolute Gasteiger partial charge is 0.307 e. The second kappa shape index (κ2) is 13.4. The van der Waals surface area contributed by atoms with Crippen molar-refractivity contribution in [1.82, 2.24) is 5.32 Å². The van der Waals surface area contributed by atoms with Gasteiger partial charge in [-0.15, -0.1) is 11.8 Å². The third kappa shape index (κ3) is 8.11. The summed E-state index contributed by atoms with van der Waals surface area (Å²) in [4.78, 5) is 22.9. The van der Waals surface area contributed by atoms with Crippen LogP contribution in [0.5, 0.6) is 0 Å². The number of allylic oxidation sites excluding steroid dienone is 2. The molecular weight excluding hydrogens is 406 g/mol. The number of ether oxygens (including phenoxy) is 1. The highest BCUT2D eigenvalue weighted by molar-refractivity contribution is 5.76. The van der Waals surface area contributed by atoms with Gasteiger partial charge in [0, 0.05) is 25.3 Å². The first-order valence-electron chi connectivity index (χ1n) is 11.8. The molecule has 0 radical (unpaired) electrons. The standard InChI is InChI=1S/C26H39NO5/c1-4-5-8-18(2)23(28)12-11-21-22-16-19(15-20(22)17-24(21)29)9-6-7-10-25(30)27-14-13-26(31)32-3/h11-12,15,18,20-24,28-29H,6-10,13-14,16-17H2,1-3H3,(H,27,30)/b12-11+/t18-,20-,21+,22-,23+,24+/m0/s1. The summed E-state index contributed by atoms with van der Waals surface area (Å²) in [6.07, 6.45) is 11.1. The van der Waals surface area contributed by atoms with Gasteiger partial charge in [-0.05, 0) is 56.8 Å². The zero-order valence-corrected chi connectivity index (χ0v) is 19.7. The SMILES string of the molecule is CC#CC[C@H](C)[C@H](O)/C=C/[C@@H]1[C@H]2CC(CCCCC(=O)NCCC(=O)OC)=C[C@H]2C[C@H]1O. The van der Waals surface area contributed by atoms with Gasteiger partial charge in [-0.3, -0.25) is 9.59 Å². The molecule has 0 spiro atoms. The fraction of sp³-hybridized carbons (Fsp3) is 0.692. The van der Waals surface area contributed by atoms with Gasteiger partial charge < -0.3 is 20.3 Å². The number of unbranched alkanes of at least 4 members (excludes halogenated alkanes) is 1. The molecule has 6 nitrogen and oxygen atoms in total. The van der Waals surface area contributed by atoms with Crippen LogP contribution >= 0.6 is 0 Å². The van der Waals surface area contributed by atoms with E-state index >= 15 is 0 Å². The summed E-state index contributed by atoms with van der Waals surface area (Å²) in [5.74, 6) is 6.47. The molecular formula is C26H39NO5. The Morgan fingerprint density at radius 3 is 2.84 bits per heavy atom. The Morgan fingerprint density at radius 1 is 1.34 bits per heavy atom. The van der Waals surface area contributed by atoms with E-state index in [0.717, 1.165) is 32.1 Å². The highest BCUT2D eigenvalue weighted by Crippen LogP contribution is 2.48. The van der Waals surface area contributed by atoms with Crippen molar-refractivity contribution < 1.29 is 24.5 Å². The lowest BCUT2D eigenvalue weighted by Gasteiger charge is -2.20. The molecule has 0 bridgehead atoms. The van der Waals surface area contributed by atoms with Crippen LogP contribution in [0, 0.1) is 35.5 Å². The van der Waals surface area contributed by atoms with E-state index in [-0.39, 0.29) is 36.2 Å². The van der Waals surface area contributed by atoms with Crippen molar-refractivity contribution in [2.24, 2.45) is 23.7 Å². The minimum absolute atomic E-state index is 0.0304. The molecule has 0 aromatic rings. The molecule has 1 amide bonds. The Balaban J connectivity index is 1.71. The van der Waals surface area contributed by atoms with Gasteiger partial charge in [0.2, 0.25) is 5.91 Å². The highest BCUT2D eigenvalue weighted by Gasteiger charge is 2.43. The Labute approximate surface area is 192 Å². The van der Waals surface area contributed by atoms with Gasteiger partial charge in [-0.1, -0.05) is 30.7 Å². The summed E-state index contributed by atoms with van der Waals surface area (Å²) in [5.41, 5.74) is 1.42. The van der Waals surface area contributed by atoms with E-state index in [1.165, 1.54) is 12.7 Å². The molecule has 1 fully saturated rings. The fourth-order valence-corrected chi connectivity index (χ4v) is 4.74. The summed E-state index contributed by atoms with van der Waals surface area (Å²) in [6.45, 7) is 4.11. The van der Waals surface area contributed by atoms with Crippen molar-refractivity contribution in [2.75, 3.05) is 13.7 Å². The minimum Gasteiger partial charge on any atom is -0.469 e. The molecule has 2 aliphatic rings.